The first-order chi connectivity index (χ1) is 9.05. The predicted molar refractivity (Wildman–Crippen MR) is 79.5 cm³/mol. The third-order valence-electron chi connectivity index (χ3n) is 3.76. The smallest absolute Gasteiger partial charge is 0.130 e. The van der Waals surface area contributed by atoms with E-state index in [9.17, 15) is 4.79 Å². The number of aldehydes is 1. The van der Waals surface area contributed by atoms with Crippen molar-refractivity contribution in [3.8, 4) is 0 Å². The summed E-state index contributed by atoms with van der Waals surface area (Å²) in [4.78, 5) is 11.7. The van der Waals surface area contributed by atoms with Crippen LogP contribution in [0.1, 0.15) is 29.2 Å². The van der Waals surface area contributed by atoms with Gasteiger partial charge < -0.3 is 4.79 Å². The summed E-state index contributed by atoms with van der Waals surface area (Å²) in [5.41, 5.74) is 4.29. The Hall–Kier alpha value is -1.89. The molecule has 1 heteroatoms. The third-order valence-corrected chi connectivity index (χ3v) is 3.76. The zero-order chi connectivity index (χ0) is 13.9. The zero-order valence-corrected chi connectivity index (χ0v) is 11.8. The number of carbonyl (C=O) groups is 1. The van der Waals surface area contributed by atoms with Gasteiger partial charge in [0.05, 0.1) is 5.41 Å². The summed E-state index contributed by atoms with van der Waals surface area (Å²) in [5, 5.41) is 0. The Bertz CT molecular complexity index is 586. The lowest BCUT2D eigenvalue weighted by Gasteiger charge is -2.25. The van der Waals surface area contributed by atoms with Gasteiger partial charge in [-0.1, -0.05) is 54.1 Å². The fraction of sp³-hybridized carbons (Fsp3) is 0.278. The molecule has 0 spiro atoms. The van der Waals surface area contributed by atoms with E-state index in [4.69, 9.17) is 0 Å². The van der Waals surface area contributed by atoms with E-state index in [0.717, 1.165) is 18.3 Å². The van der Waals surface area contributed by atoms with Crippen LogP contribution in [0.4, 0.5) is 0 Å². The van der Waals surface area contributed by atoms with Gasteiger partial charge in [-0.25, -0.2) is 0 Å². The van der Waals surface area contributed by atoms with Crippen molar-refractivity contribution in [1.82, 2.24) is 0 Å². The highest BCUT2D eigenvalue weighted by molar-refractivity contribution is 5.69. The van der Waals surface area contributed by atoms with Gasteiger partial charge in [0.1, 0.15) is 6.29 Å². The number of carbonyl (C=O) groups excluding carboxylic acids is 1. The molecule has 1 atom stereocenters. The van der Waals surface area contributed by atoms with Crippen LogP contribution in [0.3, 0.4) is 0 Å². The number of hydrogen-bond acceptors (Lipinski definition) is 1. The SMILES string of the molecule is Cc1cccc(C(C)(C=O)Cc2ccccc2C)c1. The molecule has 0 aliphatic carbocycles. The highest BCUT2D eigenvalue weighted by atomic mass is 16.1. The molecular formula is C18H20O. The summed E-state index contributed by atoms with van der Waals surface area (Å²) in [6.45, 7) is 6.17. The van der Waals surface area contributed by atoms with Crippen LogP contribution in [0, 0.1) is 13.8 Å². The molecule has 2 aromatic carbocycles. The van der Waals surface area contributed by atoms with Gasteiger partial charge >= 0.3 is 0 Å². The fourth-order valence-electron chi connectivity index (χ4n) is 2.42. The summed E-state index contributed by atoms with van der Waals surface area (Å²) in [5.74, 6) is 0. The molecular weight excluding hydrogens is 232 g/mol. The normalized spacial score (nSPS) is 13.8. The lowest BCUT2D eigenvalue weighted by molar-refractivity contribution is -0.112. The molecule has 98 valence electrons. The molecule has 1 nitrogen and oxygen atoms in total. The molecule has 0 amide bonds. The van der Waals surface area contributed by atoms with E-state index >= 15 is 0 Å². The van der Waals surface area contributed by atoms with Crippen molar-refractivity contribution in [3.05, 3.63) is 70.8 Å². The third kappa shape index (κ3) is 2.93. The van der Waals surface area contributed by atoms with Crippen LogP contribution in [0.5, 0.6) is 0 Å². The van der Waals surface area contributed by atoms with E-state index in [-0.39, 0.29) is 0 Å². The molecule has 2 rings (SSSR count). The molecule has 0 aromatic heterocycles. The minimum Gasteiger partial charge on any atom is -0.302 e. The predicted octanol–water partition coefficient (Wildman–Crippen LogP) is 4.00. The minimum absolute atomic E-state index is 0.460. The van der Waals surface area contributed by atoms with Crippen LogP contribution in [-0.4, -0.2) is 6.29 Å². The van der Waals surface area contributed by atoms with Crippen molar-refractivity contribution in [2.45, 2.75) is 32.6 Å². The van der Waals surface area contributed by atoms with E-state index < -0.39 is 5.41 Å². The average molecular weight is 252 g/mol. The van der Waals surface area contributed by atoms with Gasteiger partial charge in [0, 0.05) is 0 Å². The van der Waals surface area contributed by atoms with Gasteiger partial charge in [-0.05, 0) is 43.9 Å². The Morgan fingerprint density at radius 2 is 1.79 bits per heavy atom. The van der Waals surface area contributed by atoms with Crippen LogP contribution in [0.15, 0.2) is 48.5 Å². The van der Waals surface area contributed by atoms with E-state index in [0.29, 0.717) is 0 Å². The van der Waals surface area contributed by atoms with Crippen LogP contribution in [0.25, 0.3) is 0 Å². The summed E-state index contributed by atoms with van der Waals surface area (Å²) >= 11 is 0. The molecule has 0 saturated heterocycles. The first kappa shape index (κ1) is 13.5. The van der Waals surface area contributed by atoms with Gasteiger partial charge in [0.25, 0.3) is 0 Å². The number of benzene rings is 2. The van der Waals surface area contributed by atoms with E-state index in [1.54, 1.807) is 0 Å². The van der Waals surface area contributed by atoms with Gasteiger partial charge in [-0.3, -0.25) is 0 Å². The van der Waals surface area contributed by atoms with E-state index in [1.165, 1.54) is 16.7 Å². The molecule has 2 aromatic rings. The summed E-state index contributed by atoms with van der Waals surface area (Å²) in [6, 6.07) is 16.5. The maximum absolute atomic E-state index is 11.7. The van der Waals surface area contributed by atoms with Crippen LogP contribution < -0.4 is 0 Å². The lowest BCUT2D eigenvalue weighted by atomic mass is 9.77. The van der Waals surface area contributed by atoms with Crippen molar-refractivity contribution >= 4 is 6.29 Å². The van der Waals surface area contributed by atoms with Crippen molar-refractivity contribution in [1.29, 1.82) is 0 Å². The molecule has 0 fully saturated rings. The van der Waals surface area contributed by atoms with E-state index in [1.807, 2.05) is 31.2 Å². The second-order valence-electron chi connectivity index (χ2n) is 5.51. The van der Waals surface area contributed by atoms with Crippen molar-refractivity contribution < 1.29 is 4.79 Å². The summed E-state index contributed by atoms with van der Waals surface area (Å²) in [7, 11) is 0. The molecule has 0 N–H and O–H groups in total. The average Bonchev–Trinajstić information content (AvgIpc) is 2.41. The highest BCUT2D eigenvalue weighted by Gasteiger charge is 2.27. The van der Waals surface area contributed by atoms with Gasteiger partial charge in [-0.2, -0.15) is 0 Å². The molecule has 0 aliphatic rings. The second kappa shape index (κ2) is 5.40. The van der Waals surface area contributed by atoms with Crippen LogP contribution >= 0.6 is 0 Å². The van der Waals surface area contributed by atoms with Gasteiger partial charge in [-0.15, -0.1) is 0 Å². The first-order valence-electron chi connectivity index (χ1n) is 6.63. The topological polar surface area (TPSA) is 17.1 Å². The maximum Gasteiger partial charge on any atom is 0.130 e. The molecule has 0 radical (unpaired) electrons. The summed E-state index contributed by atoms with van der Waals surface area (Å²) in [6.07, 6.45) is 1.82. The largest absolute Gasteiger partial charge is 0.302 e. The molecule has 1 unspecified atom stereocenters. The van der Waals surface area contributed by atoms with E-state index in [2.05, 4.69) is 38.1 Å². The Morgan fingerprint density at radius 1 is 1.05 bits per heavy atom. The first-order valence-corrected chi connectivity index (χ1v) is 6.63. The standard InChI is InChI=1S/C18H20O/c1-14-7-6-10-17(11-14)18(3,13-19)12-16-9-5-4-8-15(16)2/h4-11,13H,12H2,1-3H3. The number of aryl methyl sites for hydroxylation is 2. The van der Waals surface area contributed by atoms with Crippen LogP contribution in [-0.2, 0) is 16.6 Å². The molecule has 19 heavy (non-hydrogen) atoms. The minimum atomic E-state index is -0.460. The molecule has 0 saturated carbocycles. The number of hydrogen-bond donors (Lipinski definition) is 0. The molecule has 0 aliphatic heterocycles. The lowest BCUT2D eigenvalue weighted by Crippen LogP contribution is -2.27. The second-order valence-corrected chi connectivity index (χ2v) is 5.51. The fourth-order valence-corrected chi connectivity index (χ4v) is 2.42. The Morgan fingerprint density at radius 3 is 2.42 bits per heavy atom. The highest BCUT2D eigenvalue weighted by Crippen LogP contribution is 2.28. The number of rotatable bonds is 4. The van der Waals surface area contributed by atoms with Crippen molar-refractivity contribution in [2.24, 2.45) is 0 Å². The maximum atomic E-state index is 11.7. The molecule has 0 heterocycles. The van der Waals surface area contributed by atoms with Crippen molar-refractivity contribution in [2.75, 3.05) is 0 Å². The van der Waals surface area contributed by atoms with Crippen molar-refractivity contribution in [3.63, 3.8) is 0 Å². The van der Waals surface area contributed by atoms with Gasteiger partial charge in [0.15, 0.2) is 0 Å². The quantitative estimate of drug-likeness (QED) is 0.752. The monoisotopic (exact) mass is 252 g/mol. The Balaban J connectivity index is 2.39. The molecule has 0 bridgehead atoms. The zero-order valence-electron chi connectivity index (χ0n) is 11.8. The summed E-state index contributed by atoms with van der Waals surface area (Å²) < 4.78 is 0. The Labute approximate surface area is 115 Å². The Kier molecular flexibility index (Phi) is 3.84. The van der Waals surface area contributed by atoms with Gasteiger partial charge in [0.2, 0.25) is 0 Å². The van der Waals surface area contributed by atoms with Crippen LogP contribution in [0.2, 0.25) is 0 Å².